The molecule has 3 heteroatoms. The van der Waals surface area contributed by atoms with Crippen molar-refractivity contribution in [2.24, 2.45) is 0 Å². The second-order valence-corrected chi connectivity index (χ2v) is 6.20. The third-order valence-electron chi connectivity index (χ3n) is 1.37. The fourth-order valence-electron chi connectivity index (χ4n) is 0.754. The molecule has 1 aromatic rings. The van der Waals surface area contributed by atoms with E-state index in [0.717, 1.165) is 5.09 Å². The Kier molecular flexibility index (Phi) is 2.62. The lowest BCUT2D eigenvalue weighted by atomic mass is 10.7. The van der Waals surface area contributed by atoms with Gasteiger partial charge in [0.1, 0.15) is 8.80 Å². The summed E-state index contributed by atoms with van der Waals surface area (Å²) in [4.78, 5) is 0. The zero-order valence-corrected chi connectivity index (χ0v) is 8.52. The minimum atomic E-state index is -0.702. The first-order valence-corrected chi connectivity index (χ1v) is 7.49. The van der Waals surface area contributed by atoms with Gasteiger partial charge in [0.25, 0.3) is 0 Å². The van der Waals surface area contributed by atoms with Gasteiger partial charge in [-0.1, -0.05) is 24.9 Å². The van der Waals surface area contributed by atoms with Gasteiger partial charge in [0.15, 0.2) is 5.09 Å². The molecule has 0 amide bonds. The van der Waals surface area contributed by atoms with E-state index in [9.17, 15) is 0 Å². The Morgan fingerprint density at radius 1 is 1.40 bits per heavy atom. The maximum Gasteiger partial charge on any atom is 0.159 e. The third-order valence-corrected chi connectivity index (χ3v) is 3.44. The van der Waals surface area contributed by atoms with Crippen LogP contribution in [-0.4, -0.2) is 15.1 Å². The van der Waals surface area contributed by atoms with Crippen molar-refractivity contribution >= 4 is 25.9 Å². The van der Waals surface area contributed by atoms with E-state index >= 15 is 0 Å². The molecule has 0 aliphatic rings. The lowest BCUT2D eigenvalue weighted by Crippen LogP contribution is -2.19. The zero-order valence-electron chi connectivity index (χ0n) is 6.55. The minimum absolute atomic E-state index is 0.702. The lowest BCUT2D eigenvalue weighted by molar-refractivity contribution is 0.502. The van der Waals surface area contributed by atoms with Crippen LogP contribution in [0.15, 0.2) is 21.6 Å². The molecule has 0 saturated heterocycles. The highest BCUT2D eigenvalue weighted by molar-refractivity contribution is 7.98. The summed E-state index contributed by atoms with van der Waals surface area (Å²) in [6.45, 7) is 4.53. The van der Waals surface area contributed by atoms with Crippen molar-refractivity contribution in [3.63, 3.8) is 0 Å². The normalized spacial score (nSPS) is 10.8. The number of hydrogen-bond donors (Lipinski definition) is 0. The van der Waals surface area contributed by atoms with Crippen LogP contribution in [0.4, 0.5) is 0 Å². The summed E-state index contributed by atoms with van der Waals surface area (Å²) in [5, 5.41) is 2.25. The average Bonchev–Trinajstić information content (AvgIpc) is 2.34. The monoisotopic (exact) mass is 172 g/mol. The number of thioether (sulfide) groups is 1. The fraction of sp³-hybridized carbons (Fsp3) is 0.429. The quantitative estimate of drug-likeness (QED) is 0.497. The smallest absolute Gasteiger partial charge is 0.159 e. The molecule has 0 radical (unpaired) electrons. The molecular weight excluding hydrogens is 160 g/mol. The first kappa shape index (κ1) is 7.95. The van der Waals surface area contributed by atoms with Crippen molar-refractivity contribution in [3.05, 3.63) is 12.1 Å². The predicted octanol–water partition coefficient (Wildman–Crippen LogP) is 1.70. The average molecular weight is 172 g/mol. The SMILES string of the molecule is CSc1ccc([SiH](C)C)o1. The Balaban J connectivity index is 2.78. The molecule has 0 fully saturated rings. The Labute approximate surface area is 67.4 Å². The molecular formula is C7H12OSSi. The van der Waals surface area contributed by atoms with Crippen LogP contribution in [0.5, 0.6) is 0 Å². The van der Waals surface area contributed by atoms with Crippen LogP contribution in [0.1, 0.15) is 0 Å². The van der Waals surface area contributed by atoms with E-state index < -0.39 is 8.80 Å². The minimum Gasteiger partial charge on any atom is -0.460 e. The van der Waals surface area contributed by atoms with Crippen molar-refractivity contribution in [1.82, 2.24) is 0 Å². The van der Waals surface area contributed by atoms with Gasteiger partial charge < -0.3 is 4.42 Å². The topological polar surface area (TPSA) is 13.1 Å². The van der Waals surface area contributed by atoms with Crippen LogP contribution in [0.2, 0.25) is 13.1 Å². The molecule has 0 N–H and O–H groups in total. The summed E-state index contributed by atoms with van der Waals surface area (Å²) in [6, 6.07) is 4.15. The van der Waals surface area contributed by atoms with Crippen molar-refractivity contribution < 1.29 is 4.42 Å². The van der Waals surface area contributed by atoms with Crippen molar-refractivity contribution in [1.29, 1.82) is 0 Å². The summed E-state index contributed by atoms with van der Waals surface area (Å²) < 4.78 is 5.52. The molecule has 0 aliphatic heterocycles. The molecule has 1 nitrogen and oxygen atoms in total. The fourth-order valence-corrected chi connectivity index (χ4v) is 2.07. The second kappa shape index (κ2) is 3.30. The number of hydrogen-bond acceptors (Lipinski definition) is 2. The Morgan fingerprint density at radius 2 is 2.10 bits per heavy atom. The molecule has 0 atom stereocenters. The molecule has 1 heterocycles. The first-order chi connectivity index (χ1) is 4.74. The molecule has 0 saturated carbocycles. The van der Waals surface area contributed by atoms with Crippen molar-refractivity contribution in [3.8, 4) is 0 Å². The number of furan rings is 1. The van der Waals surface area contributed by atoms with E-state index in [1.54, 1.807) is 11.8 Å². The summed E-state index contributed by atoms with van der Waals surface area (Å²) in [6.07, 6.45) is 2.03. The largest absolute Gasteiger partial charge is 0.460 e. The molecule has 0 spiro atoms. The zero-order chi connectivity index (χ0) is 7.56. The van der Waals surface area contributed by atoms with Gasteiger partial charge >= 0.3 is 0 Å². The number of rotatable bonds is 2. The van der Waals surface area contributed by atoms with E-state index in [0.29, 0.717) is 0 Å². The van der Waals surface area contributed by atoms with E-state index in [4.69, 9.17) is 4.42 Å². The molecule has 10 heavy (non-hydrogen) atoms. The van der Waals surface area contributed by atoms with E-state index in [1.165, 1.54) is 5.38 Å². The molecule has 1 aromatic heterocycles. The van der Waals surface area contributed by atoms with Gasteiger partial charge in [0, 0.05) is 0 Å². The van der Waals surface area contributed by atoms with Crippen LogP contribution < -0.4 is 5.38 Å². The molecule has 0 aliphatic carbocycles. The summed E-state index contributed by atoms with van der Waals surface area (Å²) in [7, 11) is -0.702. The first-order valence-electron chi connectivity index (χ1n) is 3.37. The molecule has 0 aromatic carbocycles. The Morgan fingerprint density at radius 3 is 2.40 bits per heavy atom. The molecule has 56 valence electrons. The van der Waals surface area contributed by atoms with Gasteiger partial charge in [-0.15, -0.1) is 0 Å². The van der Waals surface area contributed by atoms with E-state index in [-0.39, 0.29) is 0 Å². The molecule has 0 unspecified atom stereocenters. The summed E-state index contributed by atoms with van der Waals surface area (Å²) >= 11 is 1.66. The van der Waals surface area contributed by atoms with Gasteiger partial charge in [-0.3, -0.25) is 0 Å². The van der Waals surface area contributed by atoms with Gasteiger partial charge in [-0.2, -0.15) is 0 Å². The second-order valence-electron chi connectivity index (χ2n) is 2.52. The van der Waals surface area contributed by atoms with Gasteiger partial charge in [-0.25, -0.2) is 0 Å². The lowest BCUT2D eigenvalue weighted by Gasteiger charge is -1.95. The van der Waals surface area contributed by atoms with Gasteiger partial charge in [-0.05, 0) is 18.4 Å². The van der Waals surface area contributed by atoms with Crippen LogP contribution >= 0.6 is 11.8 Å². The Bertz CT molecular complexity index is 207. The van der Waals surface area contributed by atoms with E-state index in [2.05, 4.69) is 19.2 Å². The maximum atomic E-state index is 5.52. The summed E-state index contributed by atoms with van der Waals surface area (Å²) in [5.41, 5.74) is 0. The van der Waals surface area contributed by atoms with Crippen LogP contribution in [0, 0.1) is 0 Å². The van der Waals surface area contributed by atoms with Crippen LogP contribution in [0.25, 0.3) is 0 Å². The van der Waals surface area contributed by atoms with Crippen LogP contribution in [0.3, 0.4) is 0 Å². The standard InChI is InChI=1S/C7H12OSSi/c1-9-6-4-5-7(8-6)10(2)3/h4-5,10H,1-3H3. The molecule has 1 rings (SSSR count). The van der Waals surface area contributed by atoms with Crippen LogP contribution in [-0.2, 0) is 0 Å². The van der Waals surface area contributed by atoms with Gasteiger partial charge in [0.2, 0.25) is 0 Å². The molecule has 0 bridgehead atoms. The van der Waals surface area contributed by atoms with E-state index in [1.807, 2.05) is 12.3 Å². The van der Waals surface area contributed by atoms with Gasteiger partial charge in [0.05, 0.1) is 5.38 Å². The maximum absolute atomic E-state index is 5.52. The Hall–Kier alpha value is -0.153. The highest BCUT2D eigenvalue weighted by Gasteiger charge is 2.04. The summed E-state index contributed by atoms with van der Waals surface area (Å²) in [5.74, 6) is 0. The predicted molar refractivity (Wildman–Crippen MR) is 49.0 cm³/mol. The third kappa shape index (κ3) is 1.67. The highest BCUT2D eigenvalue weighted by Crippen LogP contribution is 2.12. The highest BCUT2D eigenvalue weighted by atomic mass is 32.2. The van der Waals surface area contributed by atoms with Crippen molar-refractivity contribution in [2.75, 3.05) is 6.26 Å². The van der Waals surface area contributed by atoms with Crippen molar-refractivity contribution in [2.45, 2.75) is 18.2 Å².